The average molecular weight is 256 g/mol. The van der Waals surface area contributed by atoms with Gasteiger partial charge in [-0.3, -0.25) is 4.68 Å². The number of hydrogen-bond acceptors (Lipinski definition) is 2. The molecule has 0 radical (unpaired) electrons. The van der Waals surface area contributed by atoms with E-state index in [1.807, 2.05) is 19.1 Å². The summed E-state index contributed by atoms with van der Waals surface area (Å²) in [5.74, 6) is -0.661. The summed E-state index contributed by atoms with van der Waals surface area (Å²) in [4.78, 5) is 11.4. The minimum absolute atomic E-state index is 0.234. The molecular formula is C15H16N2O2. The summed E-state index contributed by atoms with van der Waals surface area (Å²) in [5.41, 5.74) is 4.71. The summed E-state index contributed by atoms with van der Waals surface area (Å²) in [7, 11) is 1.70. The summed E-state index contributed by atoms with van der Waals surface area (Å²) in [5, 5.41) is 13.7. The summed E-state index contributed by atoms with van der Waals surface area (Å²) in [6, 6.07) is 8.33. The number of aromatic nitrogens is 2. The highest BCUT2D eigenvalue weighted by Crippen LogP contribution is 2.36. The summed E-state index contributed by atoms with van der Waals surface area (Å²) in [6.45, 7) is 1.89. The van der Waals surface area contributed by atoms with Crippen molar-refractivity contribution in [1.82, 2.24) is 9.78 Å². The number of carboxylic acids is 1. The lowest BCUT2D eigenvalue weighted by atomic mass is 9.94. The fraction of sp³-hybridized carbons (Fsp3) is 0.333. The largest absolute Gasteiger partial charge is 0.477 e. The molecule has 1 heterocycles. The fourth-order valence-corrected chi connectivity index (χ4v) is 3.18. The molecule has 0 unspecified atom stereocenters. The molecule has 0 amide bonds. The van der Waals surface area contributed by atoms with E-state index in [-0.39, 0.29) is 5.92 Å². The quantitative estimate of drug-likeness (QED) is 0.897. The molecule has 4 nitrogen and oxygen atoms in total. The van der Waals surface area contributed by atoms with Gasteiger partial charge in [-0.25, -0.2) is 4.79 Å². The molecule has 0 spiro atoms. The van der Waals surface area contributed by atoms with Crippen LogP contribution in [-0.2, 0) is 19.9 Å². The Labute approximate surface area is 111 Å². The summed E-state index contributed by atoms with van der Waals surface area (Å²) < 4.78 is 1.48. The highest BCUT2D eigenvalue weighted by Gasteiger charge is 2.30. The minimum Gasteiger partial charge on any atom is -0.477 e. The molecule has 0 saturated heterocycles. The highest BCUT2D eigenvalue weighted by molar-refractivity contribution is 5.88. The fourth-order valence-electron chi connectivity index (χ4n) is 3.18. The molecule has 98 valence electrons. The van der Waals surface area contributed by atoms with Crippen LogP contribution in [-0.4, -0.2) is 20.9 Å². The maximum absolute atomic E-state index is 11.4. The number of carbonyl (C=O) groups is 1. The first-order chi connectivity index (χ1) is 9.08. The van der Waals surface area contributed by atoms with Crippen LogP contribution in [0.25, 0.3) is 0 Å². The van der Waals surface area contributed by atoms with E-state index in [4.69, 9.17) is 0 Å². The van der Waals surface area contributed by atoms with Crippen molar-refractivity contribution in [2.45, 2.75) is 25.7 Å². The standard InChI is InChI=1S/C15H16N2O2/c1-9-13(14(15(18)19)17(2)16-9)12-7-10-5-3-4-6-11(10)8-12/h3-6,12H,7-8H2,1-2H3,(H,18,19). The number of aromatic carboxylic acids is 1. The van der Waals surface area contributed by atoms with E-state index < -0.39 is 5.97 Å². The maximum Gasteiger partial charge on any atom is 0.354 e. The molecule has 1 aromatic carbocycles. The zero-order valence-electron chi connectivity index (χ0n) is 11.1. The molecular weight excluding hydrogens is 240 g/mol. The second-order valence-corrected chi connectivity index (χ2v) is 5.15. The molecule has 0 fully saturated rings. The van der Waals surface area contributed by atoms with Crippen molar-refractivity contribution >= 4 is 5.97 Å². The number of fused-ring (bicyclic) bond motifs is 1. The van der Waals surface area contributed by atoms with Gasteiger partial charge in [0.05, 0.1) is 5.69 Å². The van der Waals surface area contributed by atoms with Gasteiger partial charge in [0.1, 0.15) is 5.69 Å². The number of hydrogen-bond donors (Lipinski definition) is 1. The van der Waals surface area contributed by atoms with Gasteiger partial charge in [0.2, 0.25) is 0 Å². The molecule has 1 N–H and O–H groups in total. The molecule has 1 aromatic heterocycles. The zero-order chi connectivity index (χ0) is 13.6. The second kappa shape index (κ2) is 4.23. The molecule has 1 aliphatic rings. The molecule has 3 rings (SSSR count). The monoisotopic (exact) mass is 256 g/mol. The Hall–Kier alpha value is -2.10. The van der Waals surface area contributed by atoms with Crippen LogP contribution in [0.15, 0.2) is 24.3 Å². The van der Waals surface area contributed by atoms with Gasteiger partial charge in [0.15, 0.2) is 0 Å². The van der Waals surface area contributed by atoms with Crippen LogP contribution < -0.4 is 0 Å². The maximum atomic E-state index is 11.4. The Morgan fingerprint density at radius 2 is 1.89 bits per heavy atom. The van der Waals surface area contributed by atoms with Crippen LogP contribution in [0.4, 0.5) is 0 Å². The van der Waals surface area contributed by atoms with E-state index in [0.717, 1.165) is 24.1 Å². The first-order valence-electron chi connectivity index (χ1n) is 6.41. The lowest BCUT2D eigenvalue weighted by molar-refractivity contribution is 0.0683. The first kappa shape index (κ1) is 12.0. The Bertz CT molecular complexity index is 633. The van der Waals surface area contributed by atoms with Crippen LogP contribution >= 0.6 is 0 Å². The lowest BCUT2D eigenvalue weighted by Gasteiger charge is -2.10. The Kier molecular flexibility index (Phi) is 2.66. The average Bonchev–Trinajstić information content (AvgIpc) is 2.88. The van der Waals surface area contributed by atoms with Gasteiger partial charge >= 0.3 is 5.97 Å². The normalized spacial score (nSPS) is 14.6. The van der Waals surface area contributed by atoms with Gasteiger partial charge in [-0.15, -0.1) is 0 Å². The number of carboxylic acid groups (broad SMARTS) is 1. The number of benzene rings is 1. The molecule has 19 heavy (non-hydrogen) atoms. The zero-order valence-corrected chi connectivity index (χ0v) is 11.1. The Morgan fingerprint density at radius 1 is 1.32 bits per heavy atom. The smallest absolute Gasteiger partial charge is 0.354 e. The lowest BCUT2D eigenvalue weighted by Crippen LogP contribution is -2.11. The predicted molar refractivity (Wildman–Crippen MR) is 71.5 cm³/mol. The summed E-state index contributed by atoms with van der Waals surface area (Å²) >= 11 is 0. The van der Waals surface area contributed by atoms with Crippen LogP contribution in [0, 0.1) is 6.92 Å². The van der Waals surface area contributed by atoms with Crippen LogP contribution in [0.1, 0.15) is 38.8 Å². The van der Waals surface area contributed by atoms with Crippen molar-refractivity contribution in [3.05, 3.63) is 52.3 Å². The number of nitrogens with zero attached hydrogens (tertiary/aromatic N) is 2. The second-order valence-electron chi connectivity index (χ2n) is 5.15. The Morgan fingerprint density at radius 3 is 2.42 bits per heavy atom. The van der Waals surface area contributed by atoms with Crippen molar-refractivity contribution < 1.29 is 9.90 Å². The molecule has 1 aliphatic carbocycles. The van der Waals surface area contributed by atoms with E-state index >= 15 is 0 Å². The molecule has 0 bridgehead atoms. The van der Waals surface area contributed by atoms with Crippen molar-refractivity contribution in [3.8, 4) is 0 Å². The van der Waals surface area contributed by atoms with Crippen molar-refractivity contribution in [2.75, 3.05) is 0 Å². The Balaban J connectivity index is 2.04. The number of aryl methyl sites for hydroxylation is 2. The van der Waals surface area contributed by atoms with E-state index in [2.05, 4.69) is 17.2 Å². The van der Waals surface area contributed by atoms with Gasteiger partial charge in [-0.2, -0.15) is 5.10 Å². The number of rotatable bonds is 2. The van der Waals surface area contributed by atoms with Gasteiger partial charge in [-0.05, 0) is 36.8 Å². The van der Waals surface area contributed by atoms with Gasteiger partial charge in [-0.1, -0.05) is 24.3 Å². The molecule has 2 aromatic rings. The molecule has 0 atom stereocenters. The van der Waals surface area contributed by atoms with Gasteiger partial charge < -0.3 is 5.11 Å². The van der Waals surface area contributed by atoms with Crippen LogP contribution in [0.5, 0.6) is 0 Å². The highest BCUT2D eigenvalue weighted by atomic mass is 16.4. The van der Waals surface area contributed by atoms with Crippen molar-refractivity contribution in [2.24, 2.45) is 7.05 Å². The first-order valence-corrected chi connectivity index (χ1v) is 6.41. The van der Waals surface area contributed by atoms with E-state index in [1.165, 1.54) is 15.8 Å². The predicted octanol–water partition coefficient (Wildman–Crippen LogP) is 2.31. The molecule has 4 heteroatoms. The topological polar surface area (TPSA) is 55.1 Å². The van der Waals surface area contributed by atoms with Crippen molar-refractivity contribution in [3.63, 3.8) is 0 Å². The third-order valence-corrected chi connectivity index (χ3v) is 3.93. The molecule has 0 saturated carbocycles. The van der Waals surface area contributed by atoms with E-state index in [9.17, 15) is 9.90 Å². The van der Waals surface area contributed by atoms with Crippen molar-refractivity contribution in [1.29, 1.82) is 0 Å². The van der Waals surface area contributed by atoms with Gasteiger partial charge in [0.25, 0.3) is 0 Å². The van der Waals surface area contributed by atoms with Gasteiger partial charge in [0, 0.05) is 12.6 Å². The minimum atomic E-state index is -0.894. The summed E-state index contributed by atoms with van der Waals surface area (Å²) in [6.07, 6.45) is 1.81. The van der Waals surface area contributed by atoms with Crippen LogP contribution in [0.2, 0.25) is 0 Å². The van der Waals surface area contributed by atoms with E-state index in [0.29, 0.717) is 5.69 Å². The third kappa shape index (κ3) is 1.84. The SMILES string of the molecule is Cc1nn(C)c(C(=O)O)c1C1Cc2ccccc2C1. The van der Waals surface area contributed by atoms with Crippen LogP contribution in [0.3, 0.4) is 0 Å². The third-order valence-electron chi connectivity index (χ3n) is 3.93. The van der Waals surface area contributed by atoms with E-state index in [1.54, 1.807) is 7.05 Å². The molecule has 0 aliphatic heterocycles.